The van der Waals surface area contributed by atoms with Crippen LogP contribution in [0, 0.1) is 5.92 Å². The van der Waals surface area contributed by atoms with Crippen molar-refractivity contribution < 1.29 is 34.1 Å². The summed E-state index contributed by atoms with van der Waals surface area (Å²) in [6.45, 7) is 3.93. The fraction of sp³-hybridized carbons (Fsp3) is 0.615. The summed E-state index contributed by atoms with van der Waals surface area (Å²) in [7, 11) is 0. The molecule has 0 aliphatic carbocycles. The predicted molar refractivity (Wildman–Crippen MR) is 145 cm³/mol. The highest BCUT2D eigenvalue weighted by atomic mass is 32.2. The average Bonchev–Trinajstić information content (AvgIpc) is 3.35. The Balaban J connectivity index is 2.01. The average molecular weight is 553 g/mol. The van der Waals surface area contributed by atoms with E-state index in [1.54, 1.807) is 23.9 Å². The molecular weight excluding hydrogens is 512 g/mol. The number of hydrogen-bond donors (Lipinski definition) is 6. The van der Waals surface area contributed by atoms with Crippen LogP contribution in [0.3, 0.4) is 0 Å². The lowest BCUT2D eigenvalue weighted by Crippen LogP contribution is -2.54. The first-order valence-corrected chi connectivity index (χ1v) is 14.2. The van der Waals surface area contributed by atoms with Gasteiger partial charge in [-0.3, -0.25) is 14.4 Å². The van der Waals surface area contributed by atoms with Crippen molar-refractivity contribution in [2.24, 2.45) is 11.7 Å². The number of benzene rings is 1. The van der Waals surface area contributed by atoms with E-state index in [1.165, 1.54) is 12.1 Å². The van der Waals surface area contributed by atoms with Crippen molar-refractivity contribution in [3.05, 3.63) is 29.8 Å². The van der Waals surface area contributed by atoms with Gasteiger partial charge >= 0.3 is 5.97 Å². The van der Waals surface area contributed by atoms with E-state index in [4.69, 9.17) is 10.5 Å². The molecule has 0 radical (unpaired) electrons. The number of amides is 3. The van der Waals surface area contributed by atoms with Crippen LogP contribution in [0.2, 0.25) is 0 Å². The van der Waals surface area contributed by atoms with Crippen LogP contribution >= 0.6 is 11.8 Å². The summed E-state index contributed by atoms with van der Waals surface area (Å²) < 4.78 is 5.82. The molecule has 5 atom stereocenters. The van der Waals surface area contributed by atoms with Crippen molar-refractivity contribution in [2.75, 3.05) is 18.6 Å². The first-order valence-electron chi connectivity index (χ1n) is 12.8. The minimum absolute atomic E-state index is 0.0333. The van der Waals surface area contributed by atoms with Gasteiger partial charge < -0.3 is 36.6 Å². The lowest BCUT2D eigenvalue weighted by atomic mass is 10.0. The Morgan fingerprint density at radius 2 is 1.76 bits per heavy atom. The highest BCUT2D eigenvalue weighted by Crippen LogP contribution is 2.20. The number of carboxylic acid groups (broad SMARTS) is 1. The second kappa shape index (κ2) is 15.6. The molecule has 1 aliphatic heterocycles. The van der Waals surface area contributed by atoms with E-state index in [0.29, 0.717) is 24.8 Å². The summed E-state index contributed by atoms with van der Waals surface area (Å²) >= 11 is 1.61. The summed E-state index contributed by atoms with van der Waals surface area (Å²) in [5.41, 5.74) is 6.55. The topological polar surface area (TPSA) is 180 Å². The number of carbonyl (C=O) groups excluding carboxylic acids is 3. The molecule has 11 nitrogen and oxygen atoms in total. The maximum absolute atomic E-state index is 13.1. The third kappa shape index (κ3) is 10.5. The normalized spacial score (nSPS) is 19.4. The van der Waals surface area contributed by atoms with E-state index in [-0.39, 0.29) is 43.1 Å². The Morgan fingerprint density at radius 3 is 2.37 bits per heavy atom. The van der Waals surface area contributed by atoms with Gasteiger partial charge in [0.25, 0.3) is 0 Å². The third-order valence-corrected chi connectivity index (χ3v) is 6.85. The van der Waals surface area contributed by atoms with Gasteiger partial charge in [-0.05, 0) is 61.3 Å². The van der Waals surface area contributed by atoms with E-state index >= 15 is 0 Å². The number of carbonyl (C=O) groups is 4. The van der Waals surface area contributed by atoms with E-state index in [0.717, 1.165) is 5.75 Å². The Labute approximate surface area is 227 Å². The zero-order chi connectivity index (χ0) is 28.2. The second-order valence-corrected chi connectivity index (χ2v) is 10.9. The number of nitrogens with one attached hydrogen (secondary N) is 3. The number of phenols is 1. The smallest absolute Gasteiger partial charge is 0.326 e. The monoisotopic (exact) mass is 552 g/mol. The lowest BCUT2D eigenvalue weighted by Gasteiger charge is -2.24. The molecule has 1 aliphatic rings. The quantitative estimate of drug-likeness (QED) is 0.183. The molecule has 0 unspecified atom stereocenters. The molecule has 0 bridgehead atoms. The van der Waals surface area contributed by atoms with Gasteiger partial charge in [-0.15, -0.1) is 0 Å². The van der Waals surface area contributed by atoms with Gasteiger partial charge in [0, 0.05) is 13.0 Å². The van der Waals surface area contributed by atoms with E-state index < -0.39 is 42.0 Å². The van der Waals surface area contributed by atoms with E-state index in [1.807, 2.05) is 20.1 Å². The first kappa shape index (κ1) is 31.4. The van der Waals surface area contributed by atoms with Gasteiger partial charge in [-0.25, -0.2) is 4.79 Å². The molecule has 0 saturated carbocycles. The Hall–Kier alpha value is -2.83. The Morgan fingerprint density at radius 1 is 1.08 bits per heavy atom. The lowest BCUT2D eigenvalue weighted by molar-refractivity contribution is -0.143. The fourth-order valence-corrected chi connectivity index (χ4v) is 4.57. The summed E-state index contributed by atoms with van der Waals surface area (Å²) in [6, 6.07) is 3.43. The van der Waals surface area contributed by atoms with Crippen LogP contribution in [0.25, 0.3) is 0 Å². The Kier molecular flexibility index (Phi) is 12.8. The number of hydrogen-bond acceptors (Lipinski definition) is 8. The molecule has 1 saturated heterocycles. The largest absolute Gasteiger partial charge is 0.508 e. The summed E-state index contributed by atoms with van der Waals surface area (Å²) in [6.07, 6.45) is 2.60. The van der Waals surface area contributed by atoms with Crippen LogP contribution in [0.1, 0.15) is 45.1 Å². The summed E-state index contributed by atoms with van der Waals surface area (Å²) in [5.74, 6) is -1.67. The zero-order valence-electron chi connectivity index (χ0n) is 22.1. The number of carboxylic acids is 1. The van der Waals surface area contributed by atoms with Gasteiger partial charge in [-0.2, -0.15) is 11.8 Å². The van der Waals surface area contributed by atoms with Crippen LogP contribution in [0.5, 0.6) is 5.75 Å². The molecule has 38 heavy (non-hydrogen) atoms. The molecule has 1 heterocycles. The van der Waals surface area contributed by atoms with Crippen LogP contribution in [0.15, 0.2) is 24.3 Å². The molecule has 3 amide bonds. The molecule has 1 fully saturated rings. The van der Waals surface area contributed by atoms with E-state index in [2.05, 4.69) is 16.0 Å². The number of aliphatic carboxylic acids is 1. The van der Waals surface area contributed by atoms with Crippen LogP contribution in [0.4, 0.5) is 0 Å². The highest BCUT2D eigenvalue weighted by molar-refractivity contribution is 7.98. The maximum Gasteiger partial charge on any atom is 0.326 e. The van der Waals surface area contributed by atoms with Crippen molar-refractivity contribution in [2.45, 2.75) is 76.3 Å². The van der Waals surface area contributed by atoms with Gasteiger partial charge in [0.05, 0.1) is 12.1 Å². The number of ether oxygens (including phenoxy) is 1. The number of thioether (sulfide) groups is 1. The van der Waals surface area contributed by atoms with Gasteiger partial charge in [0.2, 0.25) is 17.7 Å². The van der Waals surface area contributed by atoms with Crippen LogP contribution in [-0.4, -0.2) is 82.8 Å². The van der Waals surface area contributed by atoms with Gasteiger partial charge in [-0.1, -0.05) is 26.0 Å². The van der Waals surface area contributed by atoms with Crippen molar-refractivity contribution in [3.63, 3.8) is 0 Å². The molecular formula is C26H40N4O7S. The van der Waals surface area contributed by atoms with Crippen molar-refractivity contribution >= 4 is 35.5 Å². The molecule has 7 N–H and O–H groups in total. The van der Waals surface area contributed by atoms with E-state index in [9.17, 15) is 29.4 Å². The standard InChI is InChI=1S/C26H40N4O7S/c1-15(2)12-21(26(35)36)30-24(33)20(13-16-4-6-17(31)7-5-16)29-25(34)22-9-8-18(37-22)14-28-23(32)19(27)10-11-38-3/h4-7,15,18-22,31H,8-14,27H2,1-3H3,(H,28,32)(H,29,34)(H,30,33)(H,35,36)/t18-,19+,20+,21+,22+/m1/s1. The highest BCUT2D eigenvalue weighted by Gasteiger charge is 2.34. The van der Waals surface area contributed by atoms with Crippen molar-refractivity contribution in [1.82, 2.24) is 16.0 Å². The van der Waals surface area contributed by atoms with Gasteiger partial charge in [0.15, 0.2) is 0 Å². The molecule has 0 spiro atoms. The SMILES string of the molecule is CSCC[C@H](N)C(=O)NC[C@H]1CC[C@@H](C(=O)N[C@@H](Cc2ccc(O)cc2)C(=O)N[C@@H](CC(C)C)C(=O)O)O1. The fourth-order valence-electron chi connectivity index (χ4n) is 4.08. The molecule has 0 aromatic heterocycles. The van der Waals surface area contributed by atoms with Crippen LogP contribution < -0.4 is 21.7 Å². The minimum atomic E-state index is -1.15. The molecule has 212 valence electrons. The number of phenolic OH excluding ortho intramolecular Hbond substituents is 1. The summed E-state index contributed by atoms with van der Waals surface area (Å²) in [4.78, 5) is 50.0. The minimum Gasteiger partial charge on any atom is -0.508 e. The third-order valence-electron chi connectivity index (χ3n) is 6.20. The number of nitrogens with two attached hydrogens (primary N) is 1. The Bertz CT molecular complexity index is 944. The number of rotatable bonds is 15. The zero-order valence-corrected chi connectivity index (χ0v) is 23.0. The molecule has 1 aromatic rings. The second-order valence-electron chi connectivity index (χ2n) is 9.92. The van der Waals surface area contributed by atoms with Crippen molar-refractivity contribution in [1.29, 1.82) is 0 Å². The van der Waals surface area contributed by atoms with Crippen molar-refractivity contribution in [3.8, 4) is 5.75 Å². The molecule has 1 aromatic carbocycles. The predicted octanol–water partition coefficient (Wildman–Crippen LogP) is 0.779. The molecule has 12 heteroatoms. The van der Waals surface area contributed by atoms with Gasteiger partial charge in [0.1, 0.15) is 23.9 Å². The summed E-state index contributed by atoms with van der Waals surface area (Å²) in [5, 5.41) is 27.1. The maximum atomic E-state index is 13.1. The first-order chi connectivity index (χ1) is 18.0. The molecule has 2 rings (SSSR count). The van der Waals surface area contributed by atoms with Crippen LogP contribution in [-0.2, 0) is 30.3 Å². The number of aromatic hydroxyl groups is 1.